The van der Waals surface area contributed by atoms with Gasteiger partial charge < -0.3 is 0 Å². The van der Waals surface area contributed by atoms with Crippen LogP contribution in [0.5, 0.6) is 0 Å². The molecule has 0 radical (unpaired) electrons. The molecule has 0 aromatic carbocycles. The lowest BCUT2D eigenvalue weighted by Crippen LogP contribution is -1.86. The summed E-state index contributed by atoms with van der Waals surface area (Å²) in [6.07, 6.45) is 0. The van der Waals surface area contributed by atoms with Gasteiger partial charge in [0.05, 0.1) is 11.0 Å². The summed E-state index contributed by atoms with van der Waals surface area (Å²) in [7, 11) is 0. The Morgan fingerprint density at radius 3 is 2.79 bits per heavy atom. The molecule has 0 unspecified atom stereocenters. The van der Waals surface area contributed by atoms with Gasteiger partial charge in [0.25, 0.3) is 0 Å². The summed E-state index contributed by atoms with van der Waals surface area (Å²) in [5, 5.41) is 0.705. The second-order valence-corrected chi connectivity index (χ2v) is 4.08. The molecule has 0 fully saturated rings. The van der Waals surface area contributed by atoms with Crippen LogP contribution in [0.3, 0.4) is 0 Å². The highest BCUT2D eigenvalue weighted by Crippen LogP contribution is 2.29. The first-order valence-electron chi connectivity index (χ1n) is 3.76. The van der Waals surface area contributed by atoms with Crippen molar-refractivity contribution in [2.75, 3.05) is 0 Å². The van der Waals surface area contributed by atoms with E-state index in [9.17, 15) is 3.89 Å². The minimum absolute atomic E-state index is 0.0478. The molecule has 2 nitrogen and oxygen atoms in total. The van der Waals surface area contributed by atoms with Crippen molar-refractivity contribution in [3.63, 3.8) is 0 Å². The van der Waals surface area contributed by atoms with Gasteiger partial charge in [0.1, 0.15) is 10.3 Å². The zero-order chi connectivity index (χ0) is 10.3. The first-order chi connectivity index (χ1) is 6.63. The molecule has 0 aliphatic heterocycles. The predicted octanol–water partition coefficient (Wildman–Crippen LogP) is 4.03. The van der Waals surface area contributed by atoms with Crippen LogP contribution in [0, 0.1) is 6.92 Å². The van der Waals surface area contributed by atoms with E-state index in [1.165, 1.54) is 3.97 Å². The summed E-state index contributed by atoms with van der Waals surface area (Å²) in [4.78, 5) is 4.08. The number of fused-ring (bicyclic) bond motifs is 1. The Balaban J connectivity index is 2.82. The van der Waals surface area contributed by atoms with Gasteiger partial charge in [-0.15, -0.1) is 3.89 Å². The SMILES string of the molecule is Cc1cc2c(cc(Cl)n2SF)nc1Cl. The van der Waals surface area contributed by atoms with Crippen molar-refractivity contribution < 1.29 is 3.89 Å². The van der Waals surface area contributed by atoms with Crippen LogP contribution < -0.4 is 0 Å². The van der Waals surface area contributed by atoms with Gasteiger partial charge in [-0.3, -0.25) is 0 Å². The van der Waals surface area contributed by atoms with E-state index in [0.29, 0.717) is 21.3 Å². The Bertz CT molecular complexity index is 498. The van der Waals surface area contributed by atoms with E-state index in [0.717, 1.165) is 5.56 Å². The summed E-state index contributed by atoms with van der Waals surface area (Å²) < 4.78 is 13.8. The number of aryl methyl sites for hydroxylation is 1. The summed E-state index contributed by atoms with van der Waals surface area (Å²) in [6, 6.07) is 3.33. The van der Waals surface area contributed by atoms with Crippen LogP contribution >= 0.6 is 35.5 Å². The highest BCUT2D eigenvalue weighted by molar-refractivity contribution is 7.93. The molecule has 14 heavy (non-hydrogen) atoms. The van der Waals surface area contributed by atoms with E-state index in [1.807, 2.05) is 6.92 Å². The maximum absolute atomic E-state index is 12.5. The molecule has 0 bridgehead atoms. The quantitative estimate of drug-likeness (QED) is 0.712. The topological polar surface area (TPSA) is 17.8 Å². The monoisotopic (exact) mass is 250 g/mol. The van der Waals surface area contributed by atoms with E-state index >= 15 is 0 Å². The van der Waals surface area contributed by atoms with Crippen molar-refractivity contribution in [1.29, 1.82) is 0 Å². The predicted molar refractivity (Wildman–Crippen MR) is 58.6 cm³/mol. The maximum atomic E-state index is 12.5. The number of aromatic nitrogens is 2. The van der Waals surface area contributed by atoms with Gasteiger partial charge in [0.2, 0.25) is 0 Å². The Labute approximate surface area is 94.4 Å². The van der Waals surface area contributed by atoms with Crippen molar-refractivity contribution in [3.8, 4) is 0 Å². The molecule has 2 rings (SSSR count). The van der Waals surface area contributed by atoms with Gasteiger partial charge in [-0.05, 0) is 18.6 Å². The Morgan fingerprint density at radius 2 is 2.14 bits per heavy atom. The molecule has 0 atom stereocenters. The molecule has 0 spiro atoms. The van der Waals surface area contributed by atoms with Gasteiger partial charge in [-0.2, -0.15) is 0 Å². The van der Waals surface area contributed by atoms with E-state index < -0.39 is 0 Å². The third-order valence-electron chi connectivity index (χ3n) is 1.90. The van der Waals surface area contributed by atoms with E-state index in [1.54, 1.807) is 12.1 Å². The van der Waals surface area contributed by atoms with Crippen LogP contribution in [-0.2, 0) is 0 Å². The average Bonchev–Trinajstić information content (AvgIpc) is 2.42. The summed E-state index contributed by atoms with van der Waals surface area (Å²) in [5.74, 6) is 0. The molecule has 2 heterocycles. The molecular weight excluding hydrogens is 246 g/mol. The summed E-state index contributed by atoms with van der Waals surface area (Å²) >= 11 is 11.7. The molecule has 0 aliphatic carbocycles. The lowest BCUT2D eigenvalue weighted by molar-refractivity contribution is 0.921. The van der Waals surface area contributed by atoms with Gasteiger partial charge in [-0.25, -0.2) is 8.96 Å². The molecule has 74 valence electrons. The Kier molecular flexibility index (Phi) is 2.60. The highest BCUT2D eigenvalue weighted by Gasteiger charge is 2.10. The standard InChI is InChI=1S/C8H5Cl2FN2S/c1-4-2-6-5(12-8(4)10)3-7(9)13(6)14-11/h2-3H,1H3. The van der Waals surface area contributed by atoms with E-state index in [4.69, 9.17) is 23.2 Å². The molecule has 0 N–H and O–H groups in total. The third-order valence-corrected chi connectivity index (χ3v) is 3.19. The van der Waals surface area contributed by atoms with Crippen LogP contribution in [0.25, 0.3) is 11.0 Å². The lowest BCUT2D eigenvalue weighted by Gasteiger charge is -1.99. The first-order valence-corrected chi connectivity index (χ1v) is 5.19. The van der Waals surface area contributed by atoms with Crippen LogP contribution in [0.4, 0.5) is 3.89 Å². The van der Waals surface area contributed by atoms with Gasteiger partial charge in [-0.1, -0.05) is 23.2 Å². The molecule has 0 amide bonds. The molecule has 6 heteroatoms. The Morgan fingerprint density at radius 1 is 1.43 bits per heavy atom. The third kappa shape index (κ3) is 1.47. The largest absolute Gasteiger partial charge is 0.244 e. The molecule has 2 aromatic heterocycles. The van der Waals surface area contributed by atoms with Crippen LogP contribution in [0.2, 0.25) is 10.3 Å². The molecule has 0 aliphatic rings. The van der Waals surface area contributed by atoms with Gasteiger partial charge in [0.15, 0.2) is 12.3 Å². The van der Waals surface area contributed by atoms with Gasteiger partial charge >= 0.3 is 0 Å². The van der Waals surface area contributed by atoms with Crippen molar-refractivity contribution in [2.24, 2.45) is 0 Å². The molecular formula is C8H5Cl2FN2S. The van der Waals surface area contributed by atoms with Crippen LogP contribution in [0.1, 0.15) is 5.56 Å². The fourth-order valence-electron chi connectivity index (χ4n) is 1.22. The highest BCUT2D eigenvalue weighted by atomic mass is 35.5. The minimum atomic E-state index is 0.0478. The van der Waals surface area contributed by atoms with Crippen molar-refractivity contribution in [1.82, 2.24) is 8.96 Å². The minimum Gasteiger partial charge on any atom is -0.244 e. The second kappa shape index (κ2) is 3.61. The van der Waals surface area contributed by atoms with Crippen LogP contribution in [0.15, 0.2) is 12.1 Å². The second-order valence-electron chi connectivity index (χ2n) is 2.83. The van der Waals surface area contributed by atoms with Crippen molar-refractivity contribution >= 4 is 46.6 Å². The number of hydrogen-bond donors (Lipinski definition) is 0. The zero-order valence-electron chi connectivity index (χ0n) is 7.09. The maximum Gasteiger partial charge on any atom is 0.171 e. The van der Waals surface area contributed by atoms with Crippen molar-refractivity contribution in [2.45, 2.75) is 6.92 Å². The molecule has 0 saturated heterocycles. The number of hydrogen-bond acceptors (Lipinski definition) is 2. The molecule has 0 saturated carbocycles. The average molecular weight is 251 g/mol. The number of rotatable bonds is 1. The first kappa shape index (κ1) is 10.1. The van der Waals surface area contributed by atoms with Crippen molar-refractivity contribution in [3.05, 3.63) is 28.0 Å². The van der Waals surface area contributed by atoms with Gasteiger partial charge in [0, 0.05) is 6.07 Å². The van der Waals surface area contributed by atoms with E-state index in [-0.39, 0.29) is 12.3 Å². The Hall–Kier alpha value is -0.450. The fourth-order valence-corrected chi connectivity index (χ4v) is 1.97. The lowest BCUT2D eigenvalue weighted by atomic mass is 10.3. The normalized spacial score (nSPS) is 11.1. The molecule has 2 aromatic rings. The zero-order valence-corrected chi connectivity index (χ0v) is 9.42. The fraction of sp³-hybridized carbons (Fsp3) is 0.125. The number of nitrogens with zero attached hydrogens (tertiary/aromatic N) is 2. The number of halogens is 3. The van der Waals surface area contributed by atoms with E-state index in [2.05, 4.69) is 4.98 Å². The summed E-state index contributed by atoms with van der Waals surface area (Å²) in [6.45, 7) is 1.81. The smallest absolute Gasteiger partial charge is 0.171 e. The summed E-state index contributed by atoms with van der Waals surface area (Å²) in [5.41, 5.74) is 2.02. The number of pyridine rings is 1. The van der Waals surface area contributed by atoms with Crippen LogP contribution in [-0.4, -0.2) is 8.96 Å².